The lowest BCUT2D eigenvalue weighted by molar-refractivity contribution is 0.123. The molecule has 0 aliphatic carbocycles. The highest BCUT2D eigenvalue weighted by Gasteiger charge is 2.36. The second kappa shape index (κ2) is 5.74. The Morgan fingerprint density at radius 3 is 2.70 bits per heavy atom. The van der Waals surface area contributed by atoms with Gasteiger partial charge in [-0.25, -0.2) is 8.42 Å². The minimum absolute atomic E-state index is 0.174. The summed E-state index contributed by atoms with van der Waals surface area (Å²) in [7, 11) is -3.03. The summed E-state index contributed by atoms with van der Waals surface area (Å²) >= 11 is 0. The fraction of sp³-hybridized carbons (Fsp3) is 0.600. The van der Waals surface area contributed by atoms with Crippen molar-refractivity contribution < 1.29 is 13.2 Å². The molecule has 1 aliphatic rings. The van der Waals surface area contributed by atoms with Crippen molar-refractivity contribution in [3.63, 3.8) is 0 Å². The third kappa shape index (κ3) is 3.15. The molecule has 1 aromatic carbocycles. The van der Waals surface area contributed by atoms with Gasteiger partial charge in [0, 0.05) is 12.0 Å². The Morgan fingerprint density at radius 2 is 2.05 bits per heavy atom. The van der Waals surface area contributed by atoms with Gasteiger partial charge in [-0.2, -0.15) is 0 Å². The SMILES string of the molecule is CC(C)S(=O)(=O)CCC1(CN)COc2ccccc2C1. The van der Waals surface area contributed by atoms with Gasteiger partial charge in [-0.1, -0.05) is 18.2 Å². The highest BCUT2D eigenvalue weighted by molar-refractivity contribution is 7.91. The summed E-state index contributed by atoms with van der Waals surface area (Å²) in [6.07, 6.45) is 1.34. The van der Waals surface area contributed by atoms with Crippen LogP contribution >= 0.6 is 0 Å². The molecule has 0 saturated carbocycles. The van der Waals surface area contributed by atoms with Crippen molar-refractivity contribution >= 4 is 9.84 Å². The first-order valence-electron chi connectivity index (χ1n) is 7.01. The van der Waals surface area contributed by atoms with Gasteiger partial charge in [0.05, 0.1) is 17.6 Å². The quantitative estimate of drug-likeness (QED) is 0.899. The zero-order valence-corrected chi connectivity index (χ0v) is 12.9. The summed E-state index contributed by atoms with van der Waals surface area (Å²) in [6, 6.07) is 7.88. The number of nitrogens with two attached hydrogens (primary N) is 1. The van der Waals surface area contributed by atoms with E-state index in [0.29, 0.717) is 19.6 Å². The second-order valence-corrected chi connectivity index (χ2v) is 8.62. The fourth-order valence-corrected chi connectivity index (χ4v) is 3.65. The van der Waals surface area contributed by atoms with E-state index in [4.69, 9.17) is 10.5 Å². The van der Waals surface area contributed by atoms with Crippen LogP contribution in [0.3, 0.4) is 0 Å². The molecule has 112 valence electrons. The van der Waals surface area contributed by atoms with E-state index in [0.717, 1.165) is 17.7 Å². The van der Waals surface area contributed by atoms with E-state index < -0.39 is 9.84 Å². The Labute approximate surface area is 121 Å². The summed E-state index contributed by atoms with van der Waals surface area (Å²) in [4.78, 5) is 0. The zero-order chi connectivity index (χ0) is 14.8. The molecule has 0 fully saturated rings. The minimum Gasteiger partial charge on any atom is -0.493 e. The summed E-state index contributed by atoms with van der Waals surface area (Å²) in [6.45, 7) is 4.37. The van der Waals surface area contributed by atoms with E-state index >= 15 is 0 Å². The first-order valence-corrected chi connectivity index (χ1v) is 8.72. The molecule has 0 saturated heterocycles. The maximum absolute atomic E-state index is 12.0. The smallest absolute Gasteiger partial charge is 0.152 e. The van der Waals surface area contributed by atoms with Crippen LogP contribution in [0.4, 0.5) is 0 Å². The minimum atomic E-state index is -3.03. The van der Waals surface area contributed by atoms with Crippen LogP contribution in [0.15, 0.2) is 24.3 Å². The molecule has 0 spiro atoms. The van der Waals surface area contributed by atoms with Crippen LogP contribution < -0.4 is 10.5 Å². The van der Waals surface area contributed by atoms with Crippen LogP contribution in [0.2, 0.25) is 0 Å². The molecular formula is C15H23NO3S. The Bertz CT molecular complexity index is 568. The summed E-state index contributed by atoms with van der Waals surface area (Å²) in [5.74, 6) is 1.07. The predicted octanol–water partition coefficient (Wildman–Crippen LogP) is 1.78. The molecule has 0 radical (unpaired) electrons. The highest BCUT2D eigenvalue weighted by Crippen LogP contribution is 2.36. The lowest BCUT2D eigenvalue weighted by Crippen LogP contribution is -2.43. The summed E-state index contributed by atoms with van der Waals surface area (Å²) in [5, 5.41) is -0.339. The van der Waals surface area contributed by atoms with E-state index in [1.165, 1.54) is 0 Å². The molecule has 0 amide bonds. The average Bonchev–Trinajstić information content (AvgIpc) is 2.45. The molecular weight excluding hydrogens is 274 g/mol. The molecule has 0 bridgehead atoms. The lowest BCUT2D eigenvalue weighted by Gasteiger charge is -2.37. The Kier molecular flexibility index (Phi) is 4.39. The maximum Gasteiger partial charge on any atom is 0.152 e. The molecule has 1 aromatic rings. The molecule has 20 heavy (non-hydrogen) atoms. The average molecular weight is 297 g/mol. The molecule has 0 aromatic heterocycles. The topological polar surface area (TPSA) is 69.4 Å². The molecule has 1 unspecified atom stereocenters. The summed E-state index contributed by atoms with van der Waals surface area (Å²) < 4.78 is 29.8. The molecule has 2 rings (SSSR count). The van der Waals surface area contributed by atoms with Crippen LogP contribution in [0.25, 0.3) is 0 Å². The van der Waals surface area contributed by atoms with E-state index in [1.54, 1.807) is 13.8 Å². The molecule has 4 nitrogen and oxygen atoms in total. The lowest BCUT2D eigenvalue weighted by atomic mass is 9.78. The second-order valence-electron chi connectivity index (χ2n) is 5.94. The number of fused-ring (bicyclic) bond motifs is 1. The molecule has 1 atom stereocenters. The number of rotatable bonds is 5. The maximum atomic E-state index is 12.0. The molecule has 5 heteroatoms. The van der Waals surface area contributed by atoms with Crippen molar-refractivity contribution in [2.75, 3.05) is 18.9 Å². The van der Waals surface area contributed by atoms with Crippen LogP contribution in [0, 0.1) is 5.41 Å². The van der Waals surface area contributed by atoms with Crippen LogP contribution in [-0.4, -0.2) is 32.6 Å². The van der Waals surface area contributed by atoms with Gasteiger partial charge in [-0.05, 0) is 38.3 Å². The highest BCUT2D eigenvalue weighted by atomic mass is 32.2. The van der Waals surface area contributed by atoms with Gasteiger partial charge in [0.2, 0.25) is 0 Å². The molecule has 1 aliphatic heterocycles. The largest absolute Gasteiger partial charge is 0.493 e. The number of hydrogen-bond donors (Lipinski definition) is 1. The third-order valence-corrected chi connectivity index (χ3v) is 6.35. The standard InChI is InChI=1S/C15H23NO3S/c1-12(2)20(17,18)8-7-15(10-16)9-13-5-3-4-6-14(13)19-11-15/h3-6,12H,7-11,16H2,1-2H3. The van der Waals surface area contributed by atoms with E-state index in [9.17, 15) is 8.42 Å². The van der Waals surface area contributed by atoms with Crippen molar-refractivity contribution in [2.24, 2.45) is 11.1 Å². The van der Waals surface area contributed by atoms with Gasteiger partial charge < -0.3 is 10.5 Å². The Morgan fingerprint density at radius 1 is 1.35 bits per heavy atom. The van der Waals surface area contributed by atoms with Crippen molar-refractivity contribution in [3.8, 4) is 5.75 Å². The van der Waals surface area contributed by atoms with Crippen molar-refractivity contribution in [2.45, 2.75) is 31.9 Å². The van der Waals surface area contributed by atoms with E-state index in [2.05, 4.69) is 0 Å². The van der Waals surface area contributed by atoms with Gasteiger partial charge in [-0.15, -0.1) is 0 Å². The van der Waals surface area contributed by atoms with Crippen LogP contribution in [-0.2, 0) is 16.3 Å². The number of para-hydroxylation sites is 1. The Balaban J connectivity index is 2.13. The number of sulfone groups is 1. The van der Waals surface area contributed by atoms with Crippen molar-refractivity contribution in [1.82, 2.24) is 0 Å². The van der Waals surface area contributed by atoms with Gasteiger partial charge in [0.15, 0.2) is 9.84 Å². The first kappa shape index (κ1) is 15.3. The first-order chi connectivity index (χ1) is 9.38. The molecule has 2 N–H and O–H groups in total. The zero-order valence-electron chi connectivity index (χ0n) is 12.1. The third-order valence-electron chi connectivity index (χ3n) is 4.14. The fourth-order valence-electron chi connectivity index (χ4n) is 2.46. The molecule has 1 heterocycles. The number of ether oxygens (including phenoxy) is 1. The number of hydrogen-bond acceptors (Lipinski definition) is 4. The van der Waals surface area contributed by atoms with Gasteiger partial charge in [-0.3, -0.25) is 0 Å². The van der Waals surface area contributed by atoms with Crippen molar-refractivity contribution in [3.05, 3.63) is 29.8 Å². The van der Waals surface area contributed by atoms with E-state index in [1.807, 2.05) is 24.3 Å². The monoisotopic (exact) mass is 297 g/mol. The van der Waals surface area contributed by atoms with Gasteiger partial charge in [0.25, 0.3) is 0 Å². The number of benzene rings is 1. The van der Waals surface area contributed by atoms with Gasteiger partial charge >= 0.3 is 0 Å². The van der Waals surface area contributed by atoms with Crippen LogP contribution in [0.5, 0.6) is 5.75 Å². The van der Waals surface area contributed by atoms with Crippen molar-refractivity contribution in [1.29, 1.82) is 0 Å². The Hall–Kier alpha value is -1.07. The predicted molar refractivity (Wildman–Crippen MR) is 80.7 cm³/mol. The van der Waals surface area contributed by atoms with E-state index in [-0.39, 0.29) is 16.4 Å². The van der Waals surface area contributed by atoms with Gasteiger partial charge in [0.1, 0.15) is 5.75 Å². The van der Waals surface area contributed by atoms with Crippen LogP contribution in [0.1, 0.15) is 25.8 Å². The summed E-state index contributed by atoms with van der Waals surface area (Å²) in [5.41, 5.74) is 6.78. The normalized spacial score (nSPS) is 22.4.